The normalized spacial score (nSPS) is 25.2. The van der Waals surface area contributed by atoms with Gasteiger partial charge in [-0.25, -0.2) is 0 Å². The van der Waals surface area contributed by atoms with E-state index in [0.29, 0.717) is 6.61 Å². The van der Waals surface area contributed by atoms with Gasteiger partial charge in [-0.15, -0.1) is 0 Å². The largest absolute Gasteiger partial charge is 0.392 e. The number of nitrogens with zero attached hydrogens (tertiary/aromatic N) is 5. The Bertz CT molecular complexity index is 719. The number of anilines is 1. The number of aryl methyl sites for hydroxylation is 1. The van der Waals surface area contributed by atoms with Crippen LogP contribution in [-0.4, -0.2) is 57.2 Å². The summed E-state index contributed by atoms with van der Waals surface area (Å²) < 4.78 is 7.63. The molecule has 0 bridgehead atoms. The van der Waals surface area contributed by atoms with Crippen LogP contribution >= 0.6 is 0 Å². The molecule has 0 radical (unpaired) electrons. The molecule has 134 valence electrons. The van der Waals surface area contributed by atoms with Crippen molar-refractivity contribution >= 4 is 5.95 Å². The van der Waals surface area contributed by atoms with Crippen LogP contribution in [0.1, 0.15) is 31.7 Å². The molecule has 2 aromatic rings. The van der Waals surface area contributed by atoms with Gasteiger partial charge in [0.1, 0.15) is 0 Å². The predicted octanol–water partition coefficient (Wildman–Crippen LogP) is 1.73. The molecule has 0 amide bonds. The Hall–Kier alpha value is -1.99. The van der Waals surface area contributed by atoms with E-state index in [9.17, 15) is 5.11 Å². The van der Waals surface area contributed by atoms with Gasteiger partial charge in [0.15, 0.2) is 0 Å². The maximum absolute atomic E-state index is 10.4. The second kappa shape index (κ2) is 6.38. The van der Waals surface area contributed by atoms with E-state index in [0.717, 1.165) is 44.0 Å². The molecule has 1 aromatic carbocycles. The van der Waals surface area contributed by atoms with Crippen LogP contribution in [0.5, 0.6) is 0 Å². The van der Waals surface area contributed by atoms with Gasteiger partial charge in [0.2, 0.25) is 5.95 Å². The Morgan fingerprint density at radius 1 is 1.24 bits per heavy atom. The summed E-state index contributed by atoms with van der Waals surface area (Å²) in [7, 11) is 0. The Morgan fingerprint density at radius 3 is 2.60 bits per heavy atom. The van der Waals surface area contributed by atoms with Gasteiger partial charge in [-0.05, 0) is 49.2 Å². The third kappa shape index (κ3) is 2.71. The molecule has 1 aromatic heterocycles. The number of piperidine rings is 1. The van der Waals surface area contributed by atoms with Crippen molar-refractivity contribution in [3.63, 3.8) is 0 Å². The molecule has 1 spiro atoms. The number of tetrazole rings is 1. The Labute approximate surface area is 147 Å². The number of aromatic nitrogens is 4. The zero-order chi connectivity index (χ0) is 17.4. The summed E-state index contributed by atoms with van der Waals surface area (Å²) in [5.74, 6) is 0.764. The minimum Gasteiger partial charge on any atom is -0.392 e. The zero-order valence-electron chi connectivity index (χ0n) is 14.8. The molecular formula is C18H25N5O2. The van der Waals surface area contributed by atoms with Crippen LogP contribution in [0, 0.1) is 12.3 Å². The summed E-state index contributed by atoms with van der Waals surface area (Å²) in [6, 6.07) is 8.18. The first kappa shape index (κ1) is 16.5. The highest BCUT2D eigenvalue weighted by Gasteiger charge is 2.56. The lowest BCUT2D eigenvalue weighted by molar-refractivity contribution is -0.199. The molecule has 2 fully saturated rings. The summed E-state index contributed by atoms with van der Waals surface area (Å²) in [6.45, 7) is 6.44. The van der Waals surface area contributed by atoms with Crippen LogP contribution in [0.3, 0.4) is 0 Å². The number of ether oxygens (including phenoxy) is 1. The standard InChI is InChI=1S/C18H25N5O2/c1-3-25-16-12-15(24)18(16)8-10-22(11-9-18)17-19-20-21-23(17)14-6-4-13(2)5-7-14/h4-7,15-16,24H,3,8-12H2,1-2H3/t15-,16+/m1/s1. The van der Waals surface area contributed by atoms with Crippen molar-refractivity contribution in [2.24, 2.45) is 5.41 Å². The van der Waals surface area contributed by atoms with Crippen molar-refractivity contribution < 1.29 is 9.84 Å². The Balaban J connectivity index is 1.50. The van der Waals surface area contributed by atoms with E-state index in [2.05, 4.69) is 39.5 Å². The fourth-order valence-electron chi connectivity index (χ4n) is 4.17. The van der Waals surface area contributed by atoms with Crippen molar-refractivity contribution in [2.45, 2.75) is 45.3 Å². The fourth-order valence-corrected chi connectivity index (χ4v) is 4.17. The molecule has 2 heterocycles. The maximum Gasteiger partial charge on any atom is 0.250 e. The maximum atomic E-state index is 10.4. The lowest BCUT2D eigenvalue weighted by Gasteiger charge is -2.56. The molecular weight excluding hydrogens is 318 g/mol. The molecule has 1 aliphatic carbocycles. The first-order valence-electron chi connectivity index (χ1n) is 9.04. The van der Waals surface area contributed by atoms with Gasteiger partial charge in [0.05, 0.1) is 17.9 Å². The molecule has 1 N–H and O–H groups in total. The highest BCUT2D eigenvalue weighted by molar-refractivity contribution is 5.42. The molecule has 1 saturated carbocycles. The van der Waals surface area contributed by atoms with E-state index in [1.807, 2.05) is 19.1 Å². The zero-order valence-corrected chi connectivity index (χ0v) is 14.8. The first-order chi connectivity index (χ1) is 12.1. The van der Waals surface area contributed by atoms with Crippen LogP contribution in [0.25, 0.3) is 5.69 Å². The van der Waals surface area contributed by atoms with Crippen LogP contribution in [0.4, 0.5) is 5.95 Å². The summed E-state index contributed by atoms with van der Waals surface area (Å²) in [5, 5.41) is 22.6. The number of hydrogen-bond acceptors (Lipinski definition) is 6. The molecule has 0 unspecified atom stereocenters. The number of aliphatic hydroxyl groups excluding tert-OH is 1. The van der Waals surface area contributed by atoms with E-state index in [1.54, 1.807) is 4.68 Å². The van der Waals surface area contributed by atoms with Gasteiger partial charge < -0.3 is 14.7 Å². The van der Waals surface area contributed by atoms with Gasteiger partial charge in [-0.2, -0.15) is 4.68 Å². The second-order valence-corrected chi connectivity index (χ2v) is 7.14. The number of hydrogen-bond donors (Lipinski definition) is 1. The van der Waals surface area contributed by atoms with Crippen LogP contribution in [0.15, 0.2) is 24.3 Å². The molecule has 4 rings (SSSR count). The lowest BCUT2D eigenvalue weighted by atomic mass is 9.58. The molecule has 7 heteroatoms. The van der Waals surface area contributed by atoms with Crippen LogP contribution < -0.4 is 4.90 Å². The lowest BCUT2D eigenvalue weighted by Crippen LogP contribution is -2.62. The molecule has 2 aliphatic rings. The van der Waals surface area contributed by atoms with Crippen molar-refractivity contribution in [2.75, 3.05) is 24.6 Å². The topological polar surface area (TPSA) is 76.3 Å². The minimum atomic E-state index is -0.251. The highest BCUT2D eigenvalue weighted by Crippen LogP contribution is 2.51. The molecule has 2 atom stereocenters. The van der Waals surface area contributed by atoms with Crippen LogP contribution in [-0.2, 0) is 4.74 Å². The molecule has 7 nitrogen and oxygen atoms in total. The highest BCUT2D eigenvalue weighted by atomic mass is 16.5. The van der Waals surface area contributed by atoms with Gasteiger partial charge in [0, 0.05) is 31.5 Å². The third-order valence-electron chi connectivity index (χ3n) is 5.82. The summed E-state index contributed by atoms with van der Waals surface area (Å²) in [5.41, 5.74) is 2.08. The van der Waals surface area contributed by atoms with Crippen molar-refractivity contribution in [3.8, 4) is 5.69 Å². The summed E-state index contributed by atoms with van der Waals surface area (Å²) in [4.78, 5) is 2.21. The quantitative estimate of drug-likeness (QED) is 0.911. The van der Waals surface area contributed by atoms with Crippen molar-refractivity contribution in [1.29, 1.82) is 0 Å². The van der Waals surface area contributed by atoms with E-state index < -0.39 is 0 Å². The molecule has 1 saturated heterocycles. The third-order valence-corrected chi connectivity index (χ3v) is 5.82. The summed E-state index contributed by atoms with van der Waals surface area (Å²) >= 11 is 0. The van der Waals surface area contributed by atoms with E-state index in [-0.39, 0.29) is 17.6 Å². The van der Waals surface area contributed by atoms with Crippen molar-refractivity contribution in [1.82, 2.24) is 20.2 Å². The Kier molecular flexibility index (Phi) is 4.21. The van der Waals surface area contributed by atoms with Gasteiger partial charge in [0.25, 0.3) is 0 Å². The number of benzene rings is 1. The molecule has 1 aliphatic heterocycles. The first-order valence-corrected chi connectivity index (χ1v) is 9.04. The van der Waals surface area contributed by atoms with E-state index >= 15 is 0 Å². The Morgan fingerprint density at radius 2 is 1.96 bits per heavy atom. The molecule has 25 heavy (non-hydrogen) atoms. The van der Waals surface area contributed by atoms with Crippen LogP contribution in [0.2, 0.25) is 0 Å². The van der Waals surface area contributed by atoms with Gasteiger partial charge in [-0.1, -0.05) is 22.8 Å². The number of aliphatic hydroxyl groups is 1. The fraction of sp³-hybridized carbons (Fsp3) is 0.611. The SMILES string of the molecule is CCO[C@H]1C[C@@H](O)C12CCN(c1nnnn1-c1ccc(C)cc1)CC2. The van der Waals surface area contributed by atoms with Gasteiger partial charge >= 0.3 is 0 Å². The average molecular weight is 343 g/mol. The average Bonchev–Trinajstić information content (AvgIpc) is 3.12. The smallest absolute Gasteiger partial charge is 0.250 e. The minimum absolute atomic E-state index is 0.0886. The predicted molar refractivity (Wildman–Crippen MR) is 93.8 cm³/mol. The second-order valence-electron chi connectivity index (χ2n) is 7.14. The van der Waals surface area contributed by atoms with Gasteiger partial charge in [-0.3, -0.25) is 0 Å². The number of rotatable bonds is 4. The van der Waals surface area contributed by atoms with Crippen molar-refractivity contribution in [3.05, 3.63) is 29.8 Å². The summed E-state index contributed by atoms with van der Waals surface area (Å²) in [6.07, 6.45) is 2.50. The monoisotopic (exact) mass is 343 g/mol. The van der Waals surface area contributed by atoms with E-state index in [1.165, 1.54) is 5.56 Å². The van der Waals surface area contributed by atoms with E-state index in [4.69, 9.17) is 4.74 Å².